The minimum absolute atomic E-state index is 0.0210. The van der Waals surface area contributed by atoms with E-state index in [-0.39, 0.29) is 16.8 Å². The van der Waals surface area contributed by atoms with Gasteiger partial charge in [-0.2, -0.15) is 0 Å². The lowest BCUT2D eigenvalue weighted by Gasteiger charge is -2.22. The SMILES string of the molecule is CCOc1ccc2nc(N3C(=O)c4oc5ccccc5c(=O)c4[C@H]3c3ccc(F)cc3)sc2c1. The number of anilines is 1. The molecular formula is C26H17FN2O4S. The number of carbonyl (C=O) groups excluding carboxylic acids is 1. The Morgan fingerprint density at radius 1 is 1.09 bits per heavy atom. The van der Waals surface area contributed by atoms with Gasteiger partial charge in [0.15, 0.2) is 10.6 Å². The Balaban J connectivity index is 1.58. The fraction of sp³-hybridized carbons (Fsp3) is 0.115. The second-order valence-corrected chi connectivity index (χ2v) is 8.87. The number of halogens is 1. The Hall–Kier alpha value is -4.04. The molecule has 1 amide bonds. The van der Waals surface area contributed by atoms with Gasteiger partial charge >= 0.3 is 0 Å². The molecule has 1 aliphatic rings. The third-order valence-corrected chi connectivity index (χ3v) is 6.85. The van der Waals surface area contributed by atoms with E-state index in [0.717, 1.165) is 4.70 Å². The summed E-state index contributed by atoms with van der Waals surface area (Å²) in [4.78, 5) is 33.3. The van der Waals surface area contributed by atoms with E-state index in [0.29, 0.717) is 39.5 Å². The monoisotopic (exact) mass is 472 g/mol. The molecule has 1 atom stereocenters. The van der Waals surface area contributed by atoms with Crippen LogP contribution in [-0.4, -0.2) is 17.5 Å². The van der Waals surface area contributed by atoms with Gasteiger partial charge in [0.25, 0.3) is 5.91 Å². The summed E-state index contributed by atoms with van der Waals surface area (Å²) in [6.07, 6.45) is 0. The van der Waals surface area contributed by atoms with Gasteiger partial charge < -0.3 is 9.15 Å². The fourth-order valence-electron chi connectivity index (χ4n) is 4.33. The van der Waals surface area contributed by atoms with E-state index >= 15 is 0 Å². The lowest BCUT2D eigenvalue weighted by molar-refractivity contribution is 0.0971. The third kappa shape index (κ3) is 3.10. The quantitative estimate of drug-likeness (QED) is 0.336. The summed E-state index contributed by atoms with van der Waals surface area (Å²) in [5.74, 6) is -0.184. The molecule has 0 unspecified atom stereocenters. The van der Waals surface area contributed by atoms with E-state index < -0.39 is 17.8 Å². The van der Waals surface area contributed by atoms with E-state index in [1.165, 1.54) is 28.4 Å². The van der Waals surface area contributed by atoms with Crippen molar-refractivity contribution in [2.75, 3.05) is 11.5 Å². The zero-order valence-electron chi connectivity index (χ0n) is 17.9. The predicted molar refractivity (Wildman–Crippen MR) is 128 cm³/mol. The smallest absolute Gasteiger partial charge is 0.297 e. The molecule has 168 valence electrons. The summed E-state index contributed by atoms with van der Waals surface area (Å²) in [5, 5.41) is 0.798. The van der Waals surface area contributed by atoms with Crippen molar-refractivity contribution in [2.24, 2.45) is 0 Å². The largest absolute Gasteiger partial charge is 0.494 e. The van der Waals surface area contributed by atoms with Crippen LogP contribution >= 0.6 is 11.3 Å². The minimum atomic E-state index is -0.795. The molecule has 34 heavy (non-hydrogen) atoms. The van der Waals surface area contributed by atoms with Crippen LogP contribution in [0.25, 0.3) is 21.2 Å². The third-order valence-electron chi connectivity index (χ3n) is 5.83. The molecule has 0 bridgehead atoms. The fourth-order valence-corrected chi connectivity index (χ4v) is 5.35. The van der Waals surface area contributed by atoms with Crippen LogP contribution in [0, 0.1) is 5.82 Å². The molecule has 5 aromatic rings. The molecule has 0 spiro atoms. The molecule has 2 aromatic heterocycles. The first-order valence-electron chi connectivity index (χ1n) is 10.7. The van der Waals surface area contributed by atoms with Crippen LogP contribution in [0.2, 0.25) is 0 Å². The summed E-state index contributed by atoms with van der Waals surface area (Å²) in [5.41, 5.74) is 1.57. The number of thiazole rings is 1. The zero-order valence-corrected chi connectivity index (χ0v) is 18.8. The van der Waals surface area contributed by atoms with Crippen LogP contribution in [-0.2, 0) is 0 Å². The number of ether oxygens (including phenoxy) is 1. The van der Waals surface area contributed by atoms with Crippen LogP contribution < -0.4 is 15.1 Å². The number of nitrogens with zero attached hydrogens (tertiary/aromatic N) is 2. The van der Waals surface area contributed by atoms with Crippen LogP contribution in [0.15, 0.2) is 75.9 Å². The second kappa shape index (κ2) is 7.78. The lowest BCUT2D eigenvalue weighted by atomic mass is 9.99. The van der Waals surface area contributed by atoms with Crippen molar-refractivity contribution in [3.05, 3.63) is 99.7 Å². The lowest BCUT2D eigenvalue weighted by Crippen LogP contribution is -2.29. The molecule has 0 fully saturated rings. The number of hydrogen-bond acceptors (Lipinski definition) is 6. The number of benzene rings is 3. The van der Waals surface area contributed by atoms with E-state index in [1.54, 1.807) is 36.4 Å². The normalized spacial score (nSPS) is 15.3. The summed E-state index contributed by atoms with van der Waals surface area (Å²) < 4.78 is 26.1. The van der Waals surface area contributed by atoms with Crippen molar-refractivity contribution in [1.82, 2.24) is 4.98 Å². The first kappa shape index (κ1) is 20.6. The van der Waals surface area contributed by atoms with Crippen molar-refractivity contribution in [2.45, 2.75) is 13.0 Å². The molecule has 0 saturated carbocycles. The number of carbonyl (C=O) groups is 1. The average molecular weight is 472 g/mol. The van der Waals surface area contributed by atoms with Gasteiger partial charge in [-0.3, -0.25) is 14.5 Å². The van der Waals surface area contributed by atoms with Crippen LogP contribution in [0.1, 0.15) is 34.6 Å². The molecule has 6 nitrogen and oxygen atoms in total. The van der Waals surface area contributed by atoms with Gasteiger partial charge in [-0.25, -0.2) is 9.37 Å². The molecular weight excluding hydrogens is 455 g/mol. The number of aromatic nitrogens is 1. The molecule has 0 saturated heterocycles. The van der Waals surface area contributed by atoms with Gasteiger partial charge in [-0.1, -0.05) is 35.6 Å². The number of rotatable bonds is 4. The highest BCUT2D eigenvalue weighted by molar-refractivity contribution is 7.22. The van der Waals surface area contributed by atoms with E-state index in [1.807, 2.05) is 25.1 Å². The minimum Gasteiger partial charge on any atom is -0.494 e. The molecule has 6 rings (SSSR count). The van der Waals surface area contributed by atoms with Crippen LogP contribution in [0.5, 0.6) is 5.75 Å². The second-order valence-electron chi connectivity index (χ2n) is 7.86. The zero-order chi connectivity index (χ0) is 23.4. The van der Waals surface area contributed by atoms with Crippen LogP contribution in [0.3, 0.4) is 0 Å². The molecule has 0 radical (unpaired) electrons. The summed E-state index contributed by atoms with van der Waals surface area (Å²) in [7, 11) is 0. The molecule has 1 aliphatic heterocycles. The highest BCUT2D eigenvalue weighted by Gasteiger charge is 2.45. The van der Waals surface area contributed by atoms with E-state index in [4.69, 9.17) is 9.15 Å². The number of para-hydroxylation sites is 1. The molecule has 3 heterocycles. The molecule has 8 heteroatoms. The first-order chi connectivity index (χ1) is 16.5. The maximum absolute atomic E-state index is 13.7. The van der Waals surface area contributed by atoms with Gasteiger partial charge in [0.05, 0.1) is 33.8 Å². The standard InChI is InChI=1S/C26H17FN2O4S/c1-2-32-16-11-12-18-20(13-16)34-26(28-18)29-22(14-7-9-15(27)10-8-14)21-23(30)17-5-3-4-6-19(17)33-24(21)25(29)31/h3-13,22H,2H2,1H3/t22-/m1/s1. The average Bonchev–Trinajstić information content (AvgIpc) is 3.38. The Morgan fingerprint density at radius 2 is 1.88 bits per heavy atom. The molecule has 0 N–H and O–H groups in total. The number of hydrogen-bond donors (Lipinski definition) is 0. The highest BCUT2D eigenvalue weighted by Crippen LogP contribution is 2.44. The van der Waals surface area contributed by atoms with Gasteiger partial charge in [0.2, 0.25) is 5.76 Å². The summed E-state index contributed by atoms with van der Waals surface area (Å²) >= 11 is 1.32. The Morgan fingerprint density at radius 3 is 2.68 bits per heavy atom. The van der Waals surface area contributed by atoms with Gasteiger partial charge in [0, 0.05) is 0 Å². The Bertz CT molecular complexity index is 1640. The van der Waals surface area contributed by atoms with Gasteiger partial charge in [-0.15, -0.1) is 0 Å². The van der Waals surface area contributed by atoms with Crippen molar-refractivity contribution >= 4 is 43.6 Å². The van der Waals surface area contributed by atoms with Crippen molar-refractivity contribution in [3.8, 4) is 5.75 Å². The van der Waals surface area contributed by atoms with Crippen LogP contribution in [0.4, 0.5) is 9.52 Å². The summed E-state index contributed by atoms with van der Waals surface area (Å²) in [6.45, 7) is 2.44. The topological polar surface area (TPSA) is 72.6 Å². The number of amides is 1. The Labute approximate surface area is 196 Å². The highest BCUT2D eigenvalue weighted by atomic mass is 32.1. The maximum Gasteiger partial charge on any atom is 0.297 e. The van der Waals surface area contributed by atoms with E-state index in [9.17, 15) is 14.0 Å². The van der Waals surface area contributed by atoms with Crippen molar-refractivity contribution in [3.63, 3.8) is 0 Å². The summed E-state index contributed by atoms with van der Waals surface area (Å²) in [6, 6.07) is 17.3. The number of fused-ring (bicyclic) bond motifs is 3. The molecule has 0 aliphatic carbocycles. The van der Waals surface area contributed by atoms with Gasteiger partial charge in [0.1, 0.15) is 17.1 Å². The van der Waals surface area contributed by atoms with Gasteiger partial charge in [-0.05, 0) is 55.0 Å². The molecule has 3 aromatic carbocycles. The van der Waals surface area contributed by atoms with E-state index in [2.05, 4.69) is 4.98 Å². The maximum atomic E-state index is 13.7. The van der Waals surface area contributed by atoms with Crippen molar-refractivity contribution in [1.29, 1.82) is 0 Å². The Kier molecular flexibility index (Phi) is 4.70. The van der Waals surface area contributed by atoms with Crippen molar-refractivity contribution < 1.29 is 18.3 Å². The predicted octanol–water partition coefficient (Wildman–Crippen LogP) is 5.69. The first-order valence-corrected chi connectivity index (χ1v) is 11.5.